The van der Waals surface area contributed by atoms with Gasteiger partial charge in [0.05, 0.1) is 18.8 Å². The molecule has 1 unspecified atom stereocenters. The van der Waals surface area contributed by atoms with E-state index in [0.29, 0.717) is 11.6 Å². The van der Waals surface area contributed by atoms with Crippen LogP contribution in [0.15, 0.2) is 28.8 Å². The number of likely N-dealkylation sites (tertiary alicyclic amines) is 1. The first-order valence-electron chi connectivity index (χ1n) is 10.1. The highest BCUT2D eigenvalue weighted by molar-refractivity contribution is 5.94. The molecule has 0 spiro atoms. The predicted molar refractivity (Wildman–Crippen MR) is 107 cm³/mol. The van der Waals surface area contributed by atoms with Crippen LogP contribution in [-0.2, 0) is 11.2 Å². The Labute approximate surface area is 166 Å². The number of rotatable bonds is 8. The van der Waals surface area contributed by atoms with E-state index in [1.165, 1.54) is 0 Å². The molecule has 28 heavy (non-hydrogen) atoms. The van der Waals surface area contributed by atoms with Gasteiger partial charge in [0, 0.05) is 12.3 Å². The van der Waals surface area contributed by atoms with E-state index in [4.69, 9.17) is 9.26 Å². The van der Waals surface area contributed by atoms with Gasteiger partial charge in [-0.3, -0.25) is 9.69 Å². The highest BCUT2D eigenvalue weighted by Crippen LogP contribution is 2.28. The molecule has 7 heteroatoms. The standard InChI is InChI=1S/C21H30N4O3/c1-4-5-10-19-23-21(28-24-19)15(2)25-13-11-16(12-14-25)20(26)22-17-8-6-7-9-18(17)27-3/h6-9,15-16H,4-5,10-14H2,1-3H3,(H,22,26). The highest BCUT2D eigenvalue weighted by atomic mass is 16.5. The second-order valence-electron chi connectivity index (χ2n) is 7.33. The van der Waals surface area contributed by atoms with Gasteiger partial charge in [0.15, 0.2) is 5.82 Å². The lowest BCUT2D eigenvalue weighted by atomic mass is 9.95. The molecular formula is C21H30N4O3. The molecule has 0 radical (unpaired) electrons. The van der Waals surface area contributed by atoms with Crippen LogP contribution < -0.4 is 10.1 Å². The van der Waals surface area contributed by atoms with E-state index in [9.17, 15) is 4.79 Å². The minimum absolute atomic E-state index is 0.00355. The maximum atomic E-state index is 12.7. The molecule has 2 heterocycles. The third kappa shape index (κ3) is 4.90. The van der Waals surface area contributed by atoms with Gasteiger partial charge in [-0.15, -0.1) is 0 Å². The maximum absolute atomic E-state index is 12.7. The van der Waals surface area contributed by atoms with Gasteiger partial charge in [0.2, 0.25) is 11.8 Å². The Balaban J connectivity index is 1.52. The fourth-order valence-electron chi connectivity index (χ4n) is 3.56. The fourth-order valence-corrected chi connectivity index (χ4v) is 3.56. The first-order chi connectivity index (χ1) is 13.6. The zero-order chi connectivity index (χ0) is 19.9. The minimum atomic E-state index is -0.00355. The number of hydrogen-bond acceptors (Lipinski definition) is 6. The van der Waals surface area contributed by atoms with Gasteiger partial charge in [-0.1, -0.05) is 30.6 Å². The van der Waals surface area contributed by atoms with Gasteiger partial charge < -0.3 is 14.6 Å². The van der Waals surface area contributed by atoms with Gasteiger partial charge in [-0.05, 0) is 51.4 Å². The number of nitrogens with one attached hydrogen (secondary N) is 1. The smallest absolute Gasteiger partial charge is 0.243 e. The van der Waals surface area contributed by atoms with E-state index in [2.05, 4.69) is 34.2 Å². The Bertz CT molecular complexity index is 769. The molecule has 7 nitrogen and oxygen atoms in total. The van der Waals surface area contributed by atoms with Crippen LogP contribution in [0.4, 0.5) is 5.69 Å². The van der Waals surface area contributed by atoms with Gasteiger partial charge in [-0.2, -0.15) is 4.98 Å². The number of carbonyl (C=O) groups is 1. The largest absolute Gasteiger partial charge is 0.495 e. The molecule has 1 aromatic heterocycles. The lowest BCUT2D eigenvalue weighted by Gasteiger charge is -2.33. The zero-order valence-electron chi connectivity index (χ0n) is 17.0. The molecule has 0 saturated carbocycles. The summed E-state index contributed by atoms with van der Waals surface area (Å²) in [7, 11) is 1.61. The van der Waals surface area contributed by atoms with Crippen molar-refractivity contribution in [1.82, 2.24) is 15.0 Å². The molecule has 0 aliphatic carbocycles. The van der Waals surface area contributed by atoms with Crippen molar-refractivity contribution in [2.45, 2.75) is 52.0 Å². The number of amides is 1. The molecular weight excluding hydrogens is 356 g/mol. The van der Waals surface area contributed by atoms with E-state index in [0.717, 1.165) is 56.7 Å². The van der Waals surface area contributed by atoms with Crippen LogP contribution in [0, 0.1) is 5.92 Å². The van der Waals surface area contributed by atoms with Crippen LogP contribution in [0.2, 0.25) is 0 Å². The molecule has 1 aromatic carbocycles. The third-order valence-electron chi connectivity index (χ3n) is 5.41. The van der Waals surface area contributed by atoms with Gasteiger partial charge in [0.1, 0.15) is 5.75 Å². The van der Waals surface area contributed by atoms with Crippen molar-refractivity contribution < 1.29 is 14.1 Å². The number of benzene rings is 1. The number of anilines is 1. The summed E-state index contributed by atoms with van der Waals surface area (Å²) in [5.74, 6) is 2.18. The van der Waals surface area contributed by atoms with Crippen LogP contribution in [0.25, 0.3) is 0 Å². The second kappa shape index (κ2) is 9.68. The first-order valence-corrected chi connectivity index (χ1v) is 10.1. The van der Waals surface area contributed by atoms with Crippen molar-refractivity contribution in [2.24, 2.45) is 5.92 Å². The Morgan fingerprint density at radius 2 is 2.11 bits per heavy atom. The quantitative estimate of drug-likeness (QED) is 0.743. The molecule has 1 aliphatic rings. The van der Waals surface area contributed by atoms with E-state index in [1.54, 1.807) is 7.11 Å². The minimum Gasteiger partial charge on any atom is -0.495 e. The molecule has 2 aromatic rings. The summed E-state index contributed by atoms with van der Waals surface area (Å²) in [5.41, 5.74) is 0.719. The number of unbranched alkanes of at least 4 members (excludes halogenated alkanes) is 1. The van der Waals surface area contributed by atoms with E-state index in [1.807, 2.05) is 24.3 Å². The van der Waals surface area contributed by atoms with Crippen molar-refractivity contribution in [1.29, 1.82) is 0 Å². The average molecular weight is 386 g/mol. The summed E-state index contributed by atoms with van der Waals surface area (Å²) >= 11 is 0. The topological polar surface area (TPSA) is 80.5 Å². The van der Waals surface area contributed by atoms with E-state index < -0.39 is 0 Å². The number of aryl methyl sites for hydroxylation is 1. The summed E-state index contributed by atoms with van der Waals surface area (Å²) in [6.07, 6.45) is 4.66. The van der Waals surface area contributed by atoms with Crippen molar-refractivity contribution in [3.05, 3.63) is 36.0 Å². The SMILES string of the molecule is CCCCc1noc(C(C)N2CCC(C(=O)Nc3ccccc3OC)CC2)n1. The predicted octanol–water partition coefficient (Wildman–Crippen LogP) is 3.83. The van der Waals surface area contributed by atoms with E-state index in [-0.39, 0.29) is 17.9 Å². The molecule has 3 rings (SSSR count). The van der Waals surface area contributed by atoms with E-state index >= 15 is 0 Å². The zero-order valence-corrected chi connectivity index (χ0v) is 17.0. The normalized spacial score (nSPS) is 16.7. The third-order valence-corrected chi connectivity index (χ3v) is 5.41. The number of piperidine rings is 1. The molecule has 0 bridgehead atoms. The number of methoxy groups -OCH3 is 1. The summed E-state index contributed by atoms with van der Waals surface area (Å²) < 4.78 is 10.8. The molecule has 1 saturated heterocycles. The molecule has 152 valence electrons. The van der Waals surface area contributed by atoms with Gasteiger partial charge >= 0.3 is 0 Å². The average Bonchev–Trinajstić information content (AvgIpc) is 3.21. The summed E-state index contributed by atoms with van der Waals surface area (Å²) in [6.45, 7) is 5.90. The Hall–Kier alpha value is -2.41. The summed E-state index contributed by atoms with van der Waals surface area (Å²) in [6, 6.07) is 7.56. The number of aromatic nitrogens is 2. The number of ether oxygens (including phenoxy) is 1. The second-order valence-corrected chi connectivity index (χ2v) is 7.33. The fraction of sp³-hybridized carbons (Fsp3) is 0.571. The van der Waals surface area contributed by atoms with Crippen LogP contribution in [0.5, 0.6) is 5.75 Å². The monoisotopic (exact) mass is 386 g/mol. The maximum Gasteiger partial charge on any atom is 0.243 e. The molecule has 1 amide bonds. The van der Waals surface area contributed by atoms with Crippen LogP contribution in [-0.4, -0.2) is 41.1 Å². The van der Waals surface area contributed by atoms with Crippen LogP contribution in [0.1, 0.15) is 57.3 Å². The Morgan fingerprint density at radius 1 is 1.36 bits per heavy atom. The number of carbonyl (C=O) groups excluding carboxylic acids is 1. The summed E-state index contributed by atoms with van der Waals surface area (Å²) in [5, 5.41) is 7.09. The molecule has 1 fully saturated rings. The summed E-state index contributed by atoms with van der Waals surface area (Å²) in [4.78, 5) is 19.5. The number of nitrogens with zero attached hydrogens (tertiary/aromatic N) is 3. The first kappa shape index (κ1) is 20.3. The lowest BCUT2D eigenvalue weighted by molar-refractivity contribution is -0.121. The Morgan fingerprint density at radius 3 is 2.82 bits per heavy atom. The van der Waals surface area contributed by atoms with Crippen LogP contribution in [0.3, 0.4) is 0 Å². The van der Waals surface area contributed by atoms with Crippen molar-refractivity contribution in [3.63, 3.8) is 0 Å². The van der Waals surface area contributed by atoms with Gasteiger partial charge in [-0.25, -0.2) is 0 Å². The van der Waals surface area contributed by atoms with Crippen LogP contribution >= 0.6 is 0 Å². The van der Waals surface area contributed by atoms with Crippen molar-refractivity contribution in [3.8, 4) is 5.75 Å². The molecule has 1 aliphatic heterocycles. The molecule has 1 atom stereocenters. The lowest BCUT2D eigenvalue weighted by Crippen LogP contribution is -2.39. The van der Waals surface area contributed by atoms with Crippen molar-refractivity contribution in [2.75, 3.05) is 25.5 Å². The van der Waals surface area contributed by atoms with Crippen molar-refractivity contribution >= 4 is 11.6 Å². The molecule has 1 N–H and O–H groups in total. The van der Waals surface area contributed by atoms with Gasteiger partial charge in [0.25, 0.3) is 0 Å². The number of para-hydroxylation sites is 2. The number of hydrogen-bond donors (Lipinski definition) is 1. The Kier molecular flexibility index (Phi) is 7.03. The highest BCUT2D eigenvalue weighted by Gasteiger charge is 2.30.